The Balaban J connectivity index is 2.56. The number of rotatable bonds is 2. The monoisotopic (exact) mass is 189 g/mol. The molecule has 2 aromatic rings. The number of nitrogens with zero attached hydrogens (tertiary/aromatic N) is 2. The molecule has 1 atom stereocenters. The minimum absolute atomic E-state index is 0.175. The first-order valence-electron chi connectivity index (χ1n) is 4.86. The molecule has 3 nitrogen and oxygen atoms in total. The van der Waals surface area contributed by atoms with Crippen molar-refractivity contribution in [3.8, 4) is 0 Å². The molecule has 0 aliphatic carbocycles. The molecule has 2 heterocycles. The van der Waals surface area contributed by atoms with Crippen LogP contribution in [-0.4, -0.2) is 15.4 Å². The van der Waals surface area contributed by atoms with Crippen molar-refractivity contribution >= 4 is 5.65 Å². The number of hydrogen-bond donors (Lipinski definition) is 1. The van der Waals surface area contributed by atoms with Crippen LogP contribution in [0.25, 0.3) is 5.65 Å². The number of imidazole rings is 1. The maximum absolute atomic E-state index is 5.80. The molecule has 0 bridgehead atoms. The van der Waals surface area contributed by atoms with Crippen molar-refractivity contribution in [3.63, 3.8) is 0 Å². The molecular formula is C11H15N3. The molecule has 0 radical (unpaired) electrons. The SMILES string of the molecule is Cc1nc2ccccn2c1CC(C)N. The second kappa shape index (κ2) is 3.42. The van der Waals surface area contributed by atoms with E-state index >= 15 is 0 Å². The van der Waals surface area contributed by atoms with Crippen LogP contribution in [-0.2, 0) is 6.42 Å². The van der Waals surface area contributed by atoms with Gasteiger partial charge >= 0.3 is 0 Å². The van der Waals surface area contributed by atoms with Gasteiger partial charge in [-0.1, -0.05) is 6.07 Å². The fraction of sp³-hybridized carbons (Fsp3) is 0.364. The van der Waals surface area contributed by atoms with E-state index < -0.39 is 0 Å². The maximum Gasteiger partial charge on any atom is 0.137 e. The van der Waals surface area contributed by atoms with E-state index in [2.05, 4.69) is 9.38 Å². The van der Waals surface area contributed by atoms with Gasteiger partial charge in [0.05, 0.1) is 5.69 Å². The number of aromatic nitrogens is 2. The van der Waals surface area contributed by atoms with Crippen LogP contribution in [0.5, 0.6) is 0 Å². The van der Waals surface area contributed by atoms with E-state index in [0.717, 1.165) is 17.8 Å². The van der Waals surface area contributed by atoms with Crippen molar-refractivity contribution in [2.45, 2.75) is 26.3 Å². The van der Waals surface area contributed by atoms with Gasteiger partial charge in [0.1, 0.15) is 5.65 Å². The Kier molecular flexibility index (Phi) is 2.25. The largest absolute Gasteiger partial charge is 0.328 e. The molecule has 0 aliphatic heterocycles. The number of nitrogens with two attached hydrogens (primary N) is 1. The van der Waals surface area contributed by atoms with E-state index in [9.17, 15) is 0 Å². The Morgan fingerprint density at radius 1 is 1.50 bits per heavy atom. The topological polar surface area (TPSA) is 43.3 Å². The summed E-state index contributed by atoms with van der Waals surface area (Å²) < 4.78 is 2.11. The van der Waals surface area contributed by atoms with Crippen LogP contribution < -0.4 is 5.73 Å². The van der Waals surface area contributed by atoms with Crippen molar-refractivity contribution in [2.24, 2.45) is 5.73 Å². The highest BCUT2D eigenvalue weighted by Crippen LogP contribution is 2.12. The molecule has 2 aromatic heterocycles. The standard InChI is InChI=1S/C11H15N3/c1-8(12)7-10-9(2)13-11-5-3-4-6-14(10)11/h3-6,8H,7,12H2,1-2H3. The summed E-state index contributed by atoms with van der Waals surface area (Å²) in [7, 11) is 0. The van der Waals surface area contributed by atoms with Gasteiger partial charge in [-0.05, 0) is 26.0 Å². The van der Waals surface area contributed by atoms with Gasteiger partial charge < -0.3 is 10.1 Å². The average Bonchev–Trinajstić information content (AvgIpc) is 2.43. The molecule has 0 fully saturated rings. The van der Waals surface area contributed by atoms with Gasteiger partial charge in [0.25, 0.3) is 0 Å². The number of hydrogen-bond acceptors (Lipinski definition) is 2. The molecule has 0 saturated carbocycles. The first-order valence-corrected chi connectivity index (χ1v) is 4.86. The molecule has 0 aliphatic rings. The Morgan fingerprint density at radius 2 is 2.29 bits per heavy atom. The quantitative estimate of drug-likeness (QED) is 0.778. The van der Waals surface area contributed by atoms with Crippen molar-refractivity contribution in [2.75, 3.05) is 0 Å². The highest BCUT2D eigenvalue weighted by molar-refractivity contribution is 5.42. The lowest BCUT2D eigenvalue weighted by molar-refractivity contribution is 0.713. The lowest BCUT2D eigenvalue weighted by Crippen LogP contribution is -2.19. The van der Waals surface area contributed by atoms with Crippen molar-refractivity contribution in [3.05, 3.63) is 35.8 Å². The first-order chi connectivity index (χ1) is 6.68. The van der Waals surface area contributed by atoms with E-state index in [4.69, 9.17) is 5.73 Å². The van der Waals surface area contributed by atoms with E-state index in [0.29, 0.717) is 0 Å². The summed E-state index contributed by atoms with van der Waals surface area (Å²) in [5.41, 5.74) is 9.10. The summed E-state index contributed by atoms with van der Waals surface area (Å²) >= 11 is 0. The molecule has 0 amide bonds. The normalized spacial score (nSPS) is 13.4. The van der Waals surface area contributed by atoms with Crippen LogP contribution in [0.15, 0.2) is 24.4 Å². The fourth-order valence-corrected chi connectivity index (χ4v) is 1.72. The smallest absolute Gasteiger partial charge is 0.137 e. The van der Waals surface area contributed by atoms with Gasteiger partial charge in [0, 0.05) is 24.4 Å². The second-order valence-corrected chi connectivity index (χ2v) is 3.75. The molecule has 2 N–H and O–H groups in total. The molecule has 1 unspecified atom stereocenters. The van der Waals surface area contributed by atoms with Crippen LogP contribution in [0.2, 0.25) is 0 Å². The van der Waals surface area contributed by atoms with Crippen LogP contribution >= 0.6 is 0 Å². The molecule has 14 heavy (non-hydrogen) atoms. The van der Waals surface area contributed by atoms with Crippen LogP contribution in [0.3, 0.4) is 0 Å². The fourth-order valence-electron chi connectivity index (χ4n) is 1.72. The zero-order valence-electron chi connectivity index (χ0n) is 8.57. The Morgan fingerprint density at radius 3 is 3.00 bits per heavy atom. The van der Waals surface area contributed by atoms with Crippen molar-refractivity contribution < 1.29 is 0 Å². The van der Waals surface area contributed by atoms with Gasteiger partial charge in [0.15, 0.2) is 0 Å². The summed E-state index contributed by atoms with van der Waals surface area (Å²) in [6, 6.07) is 6.20. The van der Waals surface area contributed by atoms with Crippen LogP contribution in [0.1, 0.15) is 18.3 Å². The summed E-state index contributed by atoms with van der Waals surface area (Å²) in [5, 5.41) is 0. The molecule has 0 saturated heterocycles. The predicted octanol–water partition coefficient (Wildman–Crippen LogP) is 1.53. The summed E-state index contributed by atoms with van der Waals surface area (Å²) in [5.74, 6) is 0. The molecular weight excluding hydrogens is 174 g/mol. The van der Waals surface area contributed by atoms with Gasteiger partial charge in [-0.25, -0.2) is 4.98 Å². The highest BCUT2D eigenvalue weighted by atomic mass is 15.0. The third kappa shape index (κ3) is 1.51. The molecule has 3 heteroatoms. The number of aryl methyl sites for hydroxylation is 1. The lowest BCUT2D eigenvalue weighted by Gasteiger charge is -2.05. The van der Waals surface area contributed by atoms with Crippen LogP contribution in [0, 0.1) is 6.92 Å². The van der Waals surface area contributed by atoms with Gasteiger partial charge in [-0.3, -0.25) is 0 Å². The summed E-state index contributed by atoms with van der Waals surface area (Å²) in [6.45, 7) is 4.05. The summed E-state index contributed by atoms with van der Waals surface area (Å²) in [6.07, 6.45) is 2.91. The van der Waals surface area contributed by atoms with E-state index in [-0.39, 0.29) is 6.04 Å². The molecule has 74 valence electrons. The zero-order valence-corrected chi connectivity index (χ0v) is 8.57. The minimum Gasteiger partial charge on any atom is -0.328 e. The zero-order chi connectivity index (χ0) is 10.1. The Bertz CT molecular complexity index is 443. The Hall–Kier alpha value is -1.35. The van der Waals surface area contributed by atoms with E-state index in [1.165, 1.54) is 5.69 Å². The molecule has 0 spiro atoms. The molecule has 0 aromatic carbocycles. The van der Waals surface area contributed by atoms with Gasteiger partial charge in [0.2, 0.25) is 0 Å². The number of pyridine rings is 1. The third-order valence-corrected chi connectivity index (χ3v) is 2.34. The first kappa shape index (κ1) is 9.21. The van der Waals surface area contributed by atoms with Gasteiger partial charge in [-0.15, -0.1) is 0 Å². The number of fused-ring (bicyclic) bond motifs is 1. The van der Waals surface area contributed by atoms with Crippen molar-refractivity contribution in [1.29, 1.82) is 0 Å². The van der Waals surface area contributed by atoms with Crippen molar-refractivity contribution in [1.82, 2.24) is 9.38 Å². The second-order valence-electron chi connectivity index (χ2n) is 3.75. The van der Waals surface area contributed by atoms with Crippen LogP contribution in [0.4, 0.5) is 0 Å². The van der Waals surface area contributed by atoms with E-state index in [1.54, 1.807) is 0 Å². The summed E-state index contributed by atoms with van der Waals surface area (Å²) in [4.78, 5) is 4.47. The molecule has 2 rings (SSSR count). The van der Waals surface area contributed by atoms with E-state index in [1.807, 2.05) is 38.2 Å². The average molecular weight is 189 g/mol. The lowest BCUT2D eigenvalue weighted by atomic mass is 10.1. The van der Waals surface area contributed by atoms with Gasteiger partial charge in [-0.2, -0.15) is 0 Å². The highest BCUT2D eigenvalue weighted by Gasteiger charge is 2.08. The third-order valence-electron chi connectivity index (χ3n) is 2.34. The Labute approximate surface area is 83.6 Å². The minimum atomic E-state index is 0.175. The maximum atomic E-state index is 5.80. The predicted molar refractivity (Wildman–Crippen MR) is 57.3 cm³/mol.